The molecule has 1 saturated heterocycles. The minimum absolute atomic E-state index is 0.0231. The van der Waals surface area contributed by atoms with E-state index in [-0.39, 0.29) is 12.3 Å². The highest BCUT2D eigenvalue weighted by molar-refractivity contribution is 7.81. The van der Waals surface area contributed by atoms with Crippen LogP contribution in [0.1, 0.15) is 55.5 Å². The molecule has 0 saturated carbocycles. The van der Waals surface area contributed by atoms with Crippen molar-refractivity contribution in [3.8, 4) is 5.75 Å². The molecular formula is C17H27BFNO5S. The summed E-state index contributed by atoms with van der Waals surface area (Å²) < 4.78 is 52.0. The van der Waals surface area contributed by atoms with Gasteiger partial charge in [-0.25, -0.2) is 0 Å². The number of rotatable bonds is 5. The van der Waals surface area contributed by atoms with Gasteiger partial charge in [-0.15, -0.1) is 0 Å². The topological polar surface area (TPSA) is 87.9 Å². The fraction of sp³-hybridized carbons (Fsp3) is 0.647. The van der Waals surface area contributed by atoms with Crippen LogP contribution in [0.2, 0.25) is 0 Å². The van der Waals surface area contributed by atoms with Gasteiger partial charge in [0, 0.05) is 12.9 Å². The summed E-state index contributed by atoms with van der Waals surface area (Å²) in [5, 5.41) is 0. The standard InChI is InChI=1S/C17H27BFNO5S/c1-10-13(8-18-24-16(4,5)17(6,7)25-18)11(2)15(23-26(19,21)22)12(3)14(10)9-20/h8-9,20H2,1-7H3. The van der Waals surface area contributed by atoms with Crippen LogP contribution in [0.5, 0.6) is 5.75 Å². The second-order valence-electron chi connectivity index (χ2n) is 7.73. The molecule has 1 heterocycles. The Morgan fingerprint density at radius 2 is 1.46 bits per heavy atom. The summed E-state index contributed by atoms with van der Waals surface area (Å²) in [4.78, 5) is 0. The van der Waals surface area contributed by atoms with Crippen molar-refractivity contribution in [2.24, 2.45) is 5.73 Å². The molecule has 146 valence electrons. The van der Waals surface area contributed by atoms with E-state index in [2.05, 4.69) is 4.18 Å². The van der Waals surface area contributed by atoms with Crippen molar-refractivity contribution in [2.45, 2.75) is 72.5 Å². The van der Waals surface area contributed by atoms with Crippen molar-refractivity contribution >= 4 is 17.6 Å². The molecule has 0 amide bonds. The van der Waals surface area contributed by atoms with Crippen LogP contribution in [0.15, 0.2) is 0 Å². The minimum Gasteiger partial charge on any atom is -0.403 e. The maximum Gasteiger partial charge on any atom is 0.488 e. The van der Waals surface area contributed by atoms with Gasteiger partial charge in [0.05, 0.1) is 11.2 Å². The lowest BCUT2D eigenvalue weighted by Gasteiger charge is -2.32. The zero-order valence-corrected chi connectivity index (χ0v) is 17.2. The Morgan fingerprint density at radius 3 is 1.88 bits per heavy atom. The summed E-state index contributed by atoms with van der Waals surface area (Å²) in [6, 6.07) is 0. The summed E-state index contributed by atoms with van der Waals surface area (Å²) in [5.74, 6) is -0.0231. The summed E-state index contributed by atoms with van der Waals surface area (Å²) >= 11 is 0. The zero-order chi connectivity index (χ0) is 20.1. The Labute approximate surface area is 155 Å². The fourth-order valence-electron chi connectivity index (χ4n) is 3.35. The Hall–Kier alpha value is -1.16. The summed E-state index contributed by atoms with van der Waals surface area (Å²) in [6.45, 7) is 13.3. The van der Waals surface area contributed by atoms with Gasteiger partial charge in [0.1, 0.15) is 0 Å². The van der Waals surface area contributed by atoms with Crippen molar-refractivity contribution in [2.75, 3.05) is 0 Å². The van der Waals surface area contributed by atoms with Gasteiger partial charge in [0.2, 0.25) is 0 Å². The molecule has 0 unspecified atom stereocenters. The van der Waals surface area contributed by atoms with Crippen LogP contribution in [-0.2, 0) is 32.7 Å². The van der Waals surface area contributed by atoms with E-state index >= 15 is 0 Å². The fourth-order valence-corrected chi connectivity index (χ4v) is 3.80. The molecule has 2 rings (SSSR count). The van der Waals surface area contributed by atoms with Crippen LogP contribution in [0.25, 0.3) is 0 Å². The molecule has 1 fully saturated rings. The highest BCUT2D eigenvalue weighted by atomic mass is 32.3. The molecule has 9 heteroatoms. The smallest absolute Gasteiger partial charge is 0.403 e. The highest BCUT2D eigenvalue weighted by Gasteiger charge is 2.51. The monoisotopic (exact) mass is 387 g/mol. The summed E-state index contributed by atoms with van der Waals surface area (Å²) in [7, 11) is -5.66. The van der Waals surface area contributed by atoms with Gasteiger partial charge in [0.15, 0.2) is 5.75 Å². The number of benzene rings is 1. The molecule has 1 aliphatic rings. The molecule has 1 aromatic carbocycles. The first-order valence-corrected chi connectivity index (χ1v) is 9.82. The van der Waals surface area contributed by atoms with Crippen LogP contribution in [0.4, 0.5) is 3.89 Å². The molecule has 2 N–H and O–H groups in total. The van der Waals surface area contributed by atoms with Gasteiger partial charge < -0.3 is 19.2 Å². The number of halogens is 1. The zero-order valence-electron chi connectivity index (χ0n) is 16.4. The van der Waals surface area contributed by atoms with Crippen molar-refractivity contribution in [1.29, 1.82) is 0 Å². The van der Waals surface area contributed by atoms with E-state index < -0.39 is 28.8 Å². The number of hydrogen-bond acceptors (Lipinski definition) is 6. The second kappa shape index (κ2) is 6.78. The largest absolute Gasteiger partial charge is 0.488 e. The normalized spacial score (nSPS) is 19.0. The van der Waals surface area contributed by atoms with Gasteiger partial charge in [-0.1, -0.05) is 3.89 Å². The quantitative estimate of drug-likeness (QED) is 0.618. The lowest BCUT2D eigenvalue weighted by Crippen LogP contribution is -2.41. The third-order valence-corrected chi connectivity index (χ3v) is 5.92. The molecule has 0 spiro atoms. The van der Waals surface area contributed by atoms with E-state index in [4.69, 9.17) is 15.0 Å². The van der Waals surface area contributed by atoms with Gasteiger partial charge in [-0.3, -0.25) is 0 Å². The van der Waals surface area contributed by atoms with Crippen molar-refractivity contribution in [3.63, 3.8) is 0 Å². The molecule has 6 nitrogen and oxygen atoms in total. The molecule has 0 radical (unpaired) electrons. The van der Waals surface area contributed by atoms with Gasteiger partial charge in [-0.2, -0.15) is 8.42 Å². The number of hydrogen-bond donors (Lipinski definition) is 1. The predicted molar refractivity (Wildman–Crippen MR) is 99.0 cm³/mol. The number of nitrogens with two attached hydrogens (primary N) is 1. The average molecular weight is 387 g/mol. The van der Waals surface area contributed by atoms with E-state index in [0.29, 0.717) is 17.4 Å². The van der Waals surface area contributed by atoms with E-state index in [1.807, 2.05) is 34.6 Å². The van der Waals surface area contributed by atoms with E-state index in [9.17, 15) is 12.3 Å². The van der Waals surface area contributed by atoms with E-state index in [1.165, 1.54) is 0 Å². The van der Waals surface area contributed by atoms with Crippen LogP contribution >= 0.6 is 0 Å². The molecule has 1 aromatic rings. The van der Waals surface area contributed by atoms with Crippen LogP contribution < -0.4 is 9.92 Å². The first-order chi connectivity index (χ1) is 11.7. The molecule has 26 heavy (non-hydrogen) atoms. The Morgan fingerprint density at radius 1 is 1.00 bits per heavy atom. The third-order valence-electron chi connectivity index (χ3n) is 5.55. The Balaban J connectivity index is 2.51. The lowest BCUT2D eigenvalue weighted by molar-refractivity contribution is 0.00578. The Bertz CT molecular complexity index is 807. The lowest BCUT2D eigenvalue weighted by atomic mass is 9.76. The second-order valence-corrected chi connectivity index (χ2v) is 8.68. The first-order valence-electron chi connectivity index (χ1n) is 8.51. The van der Waals surface area contributed by atoms with E-state index in [0.717, 1.165) is 16.7 Å². The minimum atomic E-state index is -5.14. The molecule has 0 aromatic heterocycles. The van der Waals surface area contributed by atoms with E-state index in [1.54, 1.807) is 13.8 Å². The maximum absolute atomic E-state index is 13.2. The molecule has 1 aliphatic heterocycles. The van der Waals surface area contributed by atoms with Crippen LogP contribution in [0, 0.1) is 20.8 Å². The summed E-state index contributed by atoms with van der Waals surface area (Å²) in [6.07, 6.45) is 0.375. The predicted octanol–water partition coefficient (Wildman–Crippen LogP) is 2.84. The molecule has 0 atom stereocenters. The third kappa shape index (κ3) is 3.90. The van der Waals surface area contributed by atoms with Gasteiger partial charge in [-0.05, 0) is 76.3 Å². The Kier molecular flexibility index (Phi) is 5.51. The van der Waals surface area contributed by atoms with Crippen molar-refractivity contribution in [1.82, 2.24) is 0 Å². The van der Waals surface area contributed by atoms with Gasteiger partial charge in [0.25, 0.3) is 0 Å². The average Bonchev–Trinajstić information content (AvgIpc) is 2.67. The van der Waals surface area contributed by atoms with Crippen LogP contribution in [-0.4, -0.2) is 26.7 Å². The summed E-state index contributed by atoms with van der Waals surface area (Å²) in [5.41, 5.74) is 8.33. The molecular weight excluding hydrogens is 360 g/mol. The van der Waals surface area contributed by atoms with Gasteiger partial charge >= 0.3 is 17.6 Å². The SMILES string of the molecule is Cc1c(CN)c(C)c(OS(=O)(=O)F)c(C)c1CB1OC(C)(C)C(C)(C)O1. The van der Waals surface area contributed by atoms with Crippen molar-refractivity contribution in [3.05, 3.63) is 27.8 Å². The molecule has 0 aliphatic carbocycles. The van der Waals surface area contributed by atoms with Crippen molar-refractivity contribution < 1.29 is 25.8 Å². The molecule has 0 bridgehead atoms. The maximum atomic E-state index is 13.2. The van der Waals surface area contributed by atoms with Crippen LogP contribution in [0.3, 0.4) is 0 Å². The first kappa shape index (κ1) is 21.1. The highest BCUT2D eigenvalue weighted by Crippen LogP contribution is 2.40.